The van der Waals surface area contributed by atoms with E-state index in [1.54, 1.807) is 0 Å². The molecule has 0 radical (unpaired) electrons. The van der Waals surface area contributed by atoms with Crippen LogP contribution in [0.15, 0.2) is 0 Å². The van der Waals surface area contributed by atoms with Crippen LogP contribution in [-0.4, -0.2) is 60.2 Å². The van der Waals surface area contributed by atoms with Gasteiger partial charge >= 0.3 is 220 Å². The van der Waals surface area contributed by atoms with Gasteiger partial charge in [0, 0.05) is 0 Å². The second-order valence-electron chi connectivity index (χ2n) is 9.86. The van der Waals surface area contributed by atoms with Crippen LogP contribution in [0.1, 0.15) is 136 Å². The second-order valence-corrected chi connectivity index (χ2v) is 31.2. The van der Waals surface area contributed by atoms with Crippen LogP contribution >= 0.6 is 0 Å². The fourth-order valence-corrected chi connectivity index (χ4v) is 39.3. The van der Waals surface area contributed by atoms with Crippen LogP contribution < -0.4 is 0 Å². The van der Waals surface area contributed by atoms with Crippen molar-refractivity contribution in [2.24, 2.45) is 0 Å². The molecule has 0 unspecified atom stereocenters. The molecule has 33 heavy (non-hydrogen) atoms. The van der Waals surface area contributed by atoms with Crippen molar-refractivity contribution < 1.29 is 10.6 Å². The topological polar surface area (TPSA) is 36.9 Å². The van der Waals surface area contributed by atoms with E-state index in [4.69, 9.17) is 10.6 Å². The van der Waals surface area contributed by atoms with E-state index in [1.807, 2.05) is 21.3 Å². The molecule has 0 N–H and O–H groups in total. The van der Waals surface area contributed by atoms with Crippen molar-refractivity contribution in [3.05, 3.63) is 0 Å². The van der Waals surface area contributed by atoms with Crippen LogP contribution in [0.4, 0.5) is 0 Å². The van der Waals surface area contributed by atoms with Crippen LogP contribution in [-0.2, 0) is 10.6 Å². The first kappa shape index (κ1) is 34.4. The Morgan fingerprint density at radius 3 is 1.06 bits per heavy atom. The van der Waals surface area contributed by atoms with Crippen LogP contribution in [0, 0.1) is 0 Å². The molecule has 0 saturated heterocycles. The minimum atomic E-state index is -3.55. The molecule has 0 aliphatic carbocycles. The normalized spacial score (nSPS) is 12.5. The Morgan fingerprint density at radius 1 is 0.394 bits per heavy atom. The summed E-state index contributed by atoms with van der Waals surface area (Å²) in [6, 6.07) is 0. The fraction of sp³-hybridized carbons (Fsp3) is 1.00. The van der Waals surface area contributed by atoms with Gasteiger partial charge in [0.1, 0.15) is 0 Å². The summed E-state index contributed by atoms with van der Waals surface area (Å²) >= 11 is -6.78. The fourth-order valence-electron chi connectivity index (χ4n) is 4.65. The van der Waals surface area contributed by atoms with E-state index in [2.05, 4.69) is 20.8 Å². The van der Waals surface area contributed by atoms with E-state index >= 15 is 0 Å². The quantitative estimate of drug-likeness (QED) is 0.0672. The Hall–Kier alpha value is 1.44. The Kier molecular flexibility index (Phi) is 24.9. The van der Waals surface area contributed by atoms with Gasteiger partial charge in [-0.25, -0.2) is 0 Å². The van der Waals surface area contributed by atoms with Gasteiger partial charge in [0.25, 0.3) is 0 Å². The van der Waals surface area contributed by atoms with Gasteiger partial charge in [0.15, 0.2) is 0 Å². The molecule has 0 amide bonds. The molecule has 0 aromatic heterocycles. The molecule has 0 aromatic rings. The van der Waals surface area contributed by atoms with E-state index < -0.39 is 38.8 Å². The van der Waals surface area contributed by atoms with Gasteiger partial charge in [-0.15, -0.1) is 0 Å². The molecule has 0 heterocycles. The van der Waals surface area contributed by atoms with Gasteiger partial charge in [-0.05, 0) is 0 Å². The molecule has 0 aliphatic heterocycles. The predicted octanol–water partition coefficient (Wildman–Crippen LogP) is 9.40. The molecule has 0 aliphatic rings. The van der Waals surface area contributed by atoms with E-state index in [9.17, 15) is 0 Å². The zero-order valence-electron chi connectivity index (χ0n) is 23.5. The summed E-state index contributed by atoms with van der Waals surface area (Å²) in [5, 5.41) is 0. The molecular weight excluding hydrogens is 626 g/mol. The van der Waals surface area contributed by atoms with Gasteiger partial charge in [0.2, 0.25) is 0 Å². The monoisotopic (exact) mass is 688 g/mol. The summed E-state index contributed by atoms with van der Waals surface area (Å²) < 4.78 is 29.1. The molecule has 4 nitrogen and oxygen atoms in total. The van der Waals surface area contributed by atoms with Crippen molar-refractivity contribution in [2.45, 2.75) is 150 Å². The van der Waals surface area contributed by atoms with Crippen LogP contribution in [0.3, 0.4) is 0 Å². The number of unbranched alkanes of at least 4 members (excludes halogenated alkanes) is 15. The third-order valence-corrected chi connectivity index (χ3v) is 36.8. The third kappa shape index (κ3) is 17.5. The van der Waals surface area contributed by atoms with Gasteiger partial charge in [0.05, 0.1) is 0 Å². The van der Waals surface area contributed by atoms with Crippen LogP contribution in [0.2, 0.25) is 13.3 Å². The number of rotatable bonds is 26. The van der Waals surface area contributed by atoms with Gasteiger partial charge in [-0.3, -0.25) is 0 Å². The molecule has 0 rings (SSSR count). The molecule has 6 heteroatoms. The van der Waals surface area contributed by atoms with Crippen molar-refractivity contribution in [2.75, 3.05) is 21.3 Å². The molecule has 0 bridgehead atoms. The summed E-state index contributed by atoms with van der Waals surface area (Å²) in [4.78, 5) is 0. The van der Waals surface area contributed by atoms with Crippen molar-refractivity contribution in [3.8, 4) is 0 Å². The first-order valence-corrected chi connectivity index (χ1v) is 26.3. The summed E-state index contributed by atoms with van der Waals surface area (Å²) in [5.74, 6) is 0. The van der Waals surface area contributed by atoms with Gasteiger partial charge < -0.3 is 0 Å². The Bertz CT molecular complexity index is 390. The maximum atomic E-state index is 7.11. The number of hydrogen-bond donors (Lipinski definition) is 0. The van der Waals surface area contributed by atoms with Crippen LogP contribution in [0.5, 0.6) is 0 Å². The SMILES string of the molecule is CCCCCCC[CH2][Sn]([CH2]CCCCCCC)([O]C)[O][Sn]([CH2]CCCCCCC)([O]C)[O]C. The molecule has 0 spiro atoms. The van der Waals surface area contributed by atoms with Crippen LogP contribution in [0.25, 0.3) is 0 Å². The predicted molar refractivity (Wildman–Crippen MR) is 148 cm³/mol. The third-order valence-electron chi connectivity index (χ3n) is 6.99. The maximum absolute atomic E-state index is 7.11. The van der Waals surface area contributed by atoms with E-state index in [0.29, 0.717) is 0 Å². The Balaban J connectivity index is 4.99. The zero-order chi connectivity index (χ0) is 24.7. The molecule has 0 fully saturated rings. The molecule has 0 saturated carbocycles. The van der Waals surface area contributed by atoms with Crippen molar-refractivity contribution in [1.82, 2.24) is 0 Å². The van der Waals surface area contributed by atoms with E-state index in [1.165, 1.54) is 116 Å². The summed E-state index contributed by atoms with van der Waals surface area (Å²) in [5.41, 5.74) is 0. The first-order chi connectivity index (χ1) is 16.1. The van der Waals surface area contributed by atoms with E-state index in [0.717, 1.165) is 13.3 Å². The summed E-state index contributed by atoms with van der Waals surface area (Å²) in [6.45, 7) is 6.84. The molecular formula is C27H60O4Sn2. The number of hydrogen-bond acceptors (Lipinski definition) is 4. The minimum absolute atomic E-state index is 1.00. The molecule has 0 aromatic carbocycles. The Labute approximate surface area is 219 Å². The average Bonchev–Trinajstić information content (AvgIpc) is 2.84. The summed E-state index contributed by atoms with van der Waals surface area (Å²) in [7, 11) is 5.59. The first-order valence-electron chi connectivity index (χ1n) is 14.4. The standard InChI is InChI=1S/3C8H17.3CH3O.O.2Sn/c3*1-3-5-7-8-6-4-2;3*1-2;;;/h3*1,3-8H2,2H3;3*1H3;;;/q;;;3*-1;;+1;+2. The van der Waals surface area contributed by atoms with Crippen molar-refractivity contribution in [1.29, 1.82) is 0 Å². The van der Waals surface area contributed by atoms with Gasteiger partial charge in [-0.1, -0.05) is 0 Å². The van der Waals surface area contributed by atoms with Crippen molar-refractivity contribution >= 4 is 38.8 Å². The molecule has 200 valence electrons. The summed E-state index contributed by atoms with van der Waals surface area (Å²) in [6.07, 6.45) is 23.6. The second kappa shape index (κ2) is 23.8. The molecule has 0 atom stereocenters. The van der Waals surface area contributed by atoms with Crippen molar-refractivity contribution in [3.63, 3.8) is 0 Å². The zero-order valence-corrected chi connectivity index (χ0v) is 29.2. The average molecular weight is 686 g/mol. The van der Waals surface area contributed by atoms with Gasteiger partial charge in [-0.2, -0.15) is 0 Å². The Morgan fingerprint density at radius 2 is 0.727 bits per heavy atom. The van der Waals surface area contributed by atoms with E-state index in [-0.39, 0.29) is 0 Å².